The maximum Gasteiger partial charge on any atom is 0.343 e. The summed E-state index contributed by atoms with van der Waals surface area (Å²) < 4.78 is 1.15. The van der Waals surface area contributed by atoms with Crippen molar-refractivity contribution in [1.82, 2.24) is 20.1 Å². The van der Waals surface area contributed by atoms with Gasteiger partial charge in [-0.15, -0.1) is 5.10 Å². The number of carbonyl (C=O) groups is 1. The normalized spacial score (nSPS) is 15.4. The second-order valence-corrected chi connectivity index (χ2v) is 8.59. The summed E-state index contributed by atoms with van der Waals surface area (Å²) in [6, 6.07) is 14.9. The molecule has 4 rings (SSSR count). The lowest BCUT2D eigenvalue weighted by molar-refractivity contribution is 0.0912. The second-order valence-electron chi connectivity index (χ2n) is 8.18. The van der Waals surface area contributed by atoms with Gasteiger partial charge >= 0.3 is 5.69 Å². The highest BCUT2D eigenvalue weighted by atomic mass is 35.5. The molecule has 1 aliphatic rings. The van der Waals surface area contributed by atoms with Crippen molar-refractivity contribution in [3.05, 3.63) is 75.2 Å². The summed E-state index contributed by atoms with van der Waals surface area (Å²) in [5, 5.41) is 16.8. The average molecular weight is 455 g/mol. The number of hydrogen-bond donors (Lipinski definition) is 3. The molecular formula is C24H27ClN4O3. The van der Waals surface area contributed by atoms with Crippen LogP contribution in [0.25, 0.3) is 11.4 Å². The van der Waals surface area contributed by atoms with Crippen LogP contribution in [0.2, 0.25) is 5.02 Å². The molecule has 1 aliphatic carbocycles. The lowest BCUT2D eigenvalue weighted by Gasteiger charge is -2.31. The van der Waals surface area contributed by atoms with E-state index >= 15 is 0 Å². The predicted octanol–water partition coefficient (Wildman–Crippen LogP) is 3.94. The average Bonchev–Trinajstić information content (AvgIpc) is 3.19. The van der Waals surface area contributed by atoms with Crippen molar-refractivity contribution >= 4 is 17.5 Å². The summed E-state index contributed by atoms with van der Waals surface area (Å²) in [7, 11) is 0. The number of halogens is 1. The van der Waals surface area contributed by atoms with Crippen molar-refractivity contribution in [3.63, 3.8) is 0 Å². The molecule has 3 N–H and O–H groups in total. The van der Waals surface area contributed by atoms with Gasteiger partial charge in [0.05, 0.1) is 29.8 Å². The second kappa shape index (κ2) is 10.1. The van der Waals surface area contributed by atoms with E-state index in [4.69, 9.17) is 16.7 Å². The number of nitrogens with one attached hydrogen (secondary N) is 2. The van der Waals surface area contributed by atoms with Gasteiger partial charge in [0.25, 0.3) is 5.91 Å². The molecule has 1 unspecified atom stereocenters. The molecule has 1 heterocycles. The van der Waals surface area contributed by atoms with Gasteiger partial charge in [0.1, 0.15) is 0 Å². The zero-order valence-corrected chi connectivity index (χ0v) is 18.5. The summed E-state index contributed by atoms with van der Waals surface area (Å²) in [5.74, 6) is 0.442. The summed E-state index contributed by atoms with van der Waals surface area (Å²) in [4.78, 5) is 28.0. The van der Waals surface area contributed by atoms with E-state index in [1.807, 2.05) is 18.2 Å². The number of aromatic amines is 1. The molecule has 8 heteroatoms. The molecule has 1 amide bonds. The number of H-pyrrole nitrogens is 1. The molecular weight excluding hydrogens is 428 g/mol. The number of aliphatic hydroxyl groups is 1. The molecule has 0 spiro atoms. The highest BCUT2D eigenvalue weighted by Crippen LogP contribution is 2.35. The molecule has 1 fully saturated rings. The van der Waals surface area contributed by atoms with Crippen LogP contribution in [-0.4, -0.2) is 32.4 Å². The van der Waals surface area contributed by atoms with Crippen LogP contribution in [0.4, 0.5) is 0 Å². The minimum Gasteiger partial charge on any atom is -0.394 e. The van der Waals surface area contributed by atoms with Gasteiger partial charge in [-0.3, -0.25) is 9.78 Å². The highest BCUT2D eigenvalue weighted by Gasteiger charge is 2.27. The lowest BCUT2D eigenvalue weighted by atomic mass is 9.81. The smallest absolute Gasteiger partial charge is 0.343 e. The van der Waals surface area contributed by atoms with E-state index in [2.05, 4.69) is 27.5 Å². The molecule has 1 saturated carbocycles. The van der Waals surface area contributed by atoms with Gasteiger partial charge in [0.2, 0.25) is 0 Å². The molecule has 2 aromatic carbocycles. The molecule has 0 bridgehead atoms. The van der Waals surface area contributed by atoms with Gasteiger partial charge in [0.15, 0.2) is 5.82 Å². The van der Waals surface area contributed by atoms with Crippen molar-refractivity contribution in [1.29, 1.82) is 0 Å². The van der Waals surface area contributed by atoms with Gasteiger partial charge in [-0.25, -0.2) is 9.48 Å². The molecule has 7 nitrogen and oxygen atoms in total. The third-order valence-electron chi connectivity index (χ3n) is 6.04. The molecule has 1 atom stereocenters. The number of amides is 1. The summed E-state index contributed by atoms with van der Waals surface area (Å²) in [5.41, 5.74) is 1.57. The Morgan fingerprint density at radius 1 is 1.19 bits per heavy atom. The van der Waals surface area contributed by atoms with Crippen molar-refractivity contribution < 1.29 is 9.90 Å². The minimum atomic E-state index is -0.420. The number of aromatic nitrogens is 3. The van der Waals surface area contributed by atoms with E-state index in [-0.39, 0.29) is 25.1 Å². The summed E-state index contributed by atoms with van der Waals surface area (Å²) in [6.07, 6.45) is 5.74. The topological polar surface area (TPSA) is 100 Å². The number of aliphatic hydroxyl groups excluding tert-OH is 1. The van der Waals surface area contributed by atoms with Crippen molar-refractivity contribution in [2.45, 2.75) is 44.7 Å². The molecule has 168 valence electrons. The van der Waals surface area contributed by atoms with Gasteiger partial charge in [-0.2, -0.15) is 0 Å². The van der Waals surface area contributed by atoms with E-state index in [0.717, 1.165) is 23.1 Å². The highest BCUT2D eigenvalue weighted by molar-refractivity contribution is 6.34. The van der Waals surface area contributed by atoms with E-state index in [1.54, 1.807) is 18.2 Å². The third kappa shape index (κ3) is 4.95. The third-order valence-corrected chi connectivity index (χ3v) is 6.37. The Morgan fingerprint density at radius 3 is 2.66 bits per heavy atom. The van der Waals surface area contributed by atoms with Crippen LogP contribution in [0.5, 0.6) is 0 Å². The van der Waals surface area contributed by atoms with Crippen LogP contribution in [0.3, 0.4) is 0 Å². The Bertz CT molecular complexity index is 1120. The minimum absolute atomic E-state index is 0.0905. The van der Waals surface area contributed by atoms with Gasteiger partial charge < -0.3 is 10.4 Å². The molecule has 0 saturated heterocycles. The van der Waals surface area contributed by atoms with Crippen molar-refractivity contribution in [2.75, 3.05) is 6.61 Å². The number of carbonyl (C=O) groups excluding carboxylic acids is 1. The first-order valence-corrected chi connectivity index (χ1v) is 11.4. The molecule has 32 heavy (non-hydrogen) atoms. The fraction of sp³-hybridized carbons (Fsp3) is 0.375. The van der Waals surface area contributed by atoms with Gasteiger partial charge in [-0.05, 0) is 42.5 Å². The fourth-order valence-electron chi connectivity index (χ4n) is 4.40. The van der Waals surface area contributed by atoms with E-state index in [1.165, 1.54) is 19.3 Å². The molecule has 3 aromatic rings. The predicted molar refractivity (Wildman–Crippen MR) is 124 cm³/mol. The van der Waals surface area contributed by atoms with E-state index < -0.39 is 5.69 Å². The van der Waals surface area contributed by atoms with Crippen LogP contribution in [-0.2, 0) is 6.54 Å². The summed E-state index contributed by atoms with van der Waals surface area (Å²) >= 11 is 6.39. The lowest BCUT2D eigenvalue weighted by Crippen LogP contribution is -2.34. The van der Waals surface area contributed by atoms with Crippen LogP contribution in [0, 0.1) is 5.92 Å². The first kappa shape index (κ1) is 22.3. The zero-order valence-electron chi connectivity index (χ0n) is 17.8. The molecule has 1 aromatic heterocycles. The molecule has 0 aliphatic heterocycles. The number of rotatable bonds is 7. The van der Waals surface area contributed by atoms with Crippen LogP contribution in [0.15, 0.2) is 53.3 Å². The van der Waals surface area contributed by atoms with Crippen molar-refractivity contribution in [2.24, 2.45) is 5.92 Å². The van der Waals surface area contributed by atoms with E-state index in [9.17, 15) is 9.59 Å². The standard InChI is InChI=1S/C24H27ClN4O3/c25-20-12-11-18(22-27-24(32)29(28-22)13-14-30)15-19(20)23(31)26-21(16-7-3-1-4-8-16)17-9-5-2-6-10-17/h1,3-4,7-8,11-12,15,17,21,30H,2,5-6,9-10,13-14H2,(H,26,31)(H,27,28,32). The number of nitrogens with zero attached hydrogens (tertiary/aromatic N) is 2. The zero-order chi connectivity index (χ0) is 22.5. The van der Waals surface area contributed by atoms with Crippen LogP contribution >= 0.6 is 11.6 Å². The first-order valence-electron chi connectivity index (χ1n) is 11.0. The largest absolute Gasteiger partial charge is 0.394 e. The van der Waals surface area contributed by atoms with Crippen LogP contribution in [0.1, 0.15) is 54.1 Å². The Balaban J connectivity index is 1.62. The Hall–Kier alpha value is -2.90. The quantitative estimate of drug-likeness (QED) is 0.503. The Morgan fingerprint density at radius 2 is 1.94 bits per heavy atom. The first-order chi connectivity index (χ1) is 15.6. The monoisotopic (exact) mass is 454 g/mol. The Kier molecular flexibility index (Phi) is 7.07. The van der Waals surface area contributed by atoms with Gasteiger partial charge in [0, 0.05) is 5.56 Å². The van der Waals surface area contributed by atoms with Crippen molar-refractivity contribution in [3.8, 4) is 11.4 Å². The fourth-order valence-corrected chi connectivity index (χ4v) is 4.60. The maximum absolute atomic E-state index is 13.3. The summed E-state index contributed by atoms with van der Waals surface area (Å²) in [6.45, 7) is -0.100. The number of hydrogen-bond acceptors (Lipinski definition) is 4. The maximum atomic E-state index is 13.3. The Labute approximate surface area is 191 Å². The SMILES string of the molecule is O=C(NC(c1ccccc1)C1CCCCC1)c1cc(-c2nn(CCO)c(=O)[nH]2)ccc1Cl. The van der Waals surface area contributed by atoms with Gasteiger partial charge in [-0.1, -0.05) is 61.2 Å². The molecule has 0 radical (unpaired) electrons. The number of benzene rings is 2. The van der Waals surface area contributed by atoms with E-state index in [0.29, 0.717) is 27.9 Å². The van der Waals surface area contributed by atoms with Crippen LogP contribution < -0.4 is 11.0 Å².